The molecule has 1 saturated carbocycles. The number of urea groups is 1. The molecule has 7 nitrogen and oxygen atoms in total. The van der Waals surface area contributed by atoms with Gasteiger partial charge in [-0.25, -0.2) is 4.79 Å². The van der Waals surface area contributed by atoms with Gasteiger partial charge in [0.05, 0.1) is 25.2 Å². The minimum atomic E-state index is -0.551. The van der Waals surface area contributed by atoms with Crippen LogP contribution in [0.1, 0.15) is 51.9 Å². The van der Waals surface area contributed by atoms with Crippen LogP contribution < -0.4 is 16.0 Å². The molecule has 3 atom stereocenters. The topological polar surface area (TPSA) is 99.7 Å². The zero-order chi connectivity index (χ0) is 18.1. The first-order valence-electron chi connectivity index (χ1n) is 9.40. The standard InChI is InChI=1S/C18H31N3O4/c1-2-10-19-18(24)21-15-9-8-14(25-16(15)12-22)11-17(23)20-13-6-4-3-5-7-13/h8-9,13-16,22H,2-7,10-12H2,1H3,(H,20,23)(H2,19,21,24)/t14-,15+,16+/m0/s1. The summed E-state index contributed by atoms with van der Waals surface area (Å²) >= 11 is 0. The first-order valence-corrected chi connectivity index (χ1v) is 9.40. The summed E-state index contributed by atoms with van der Waals surface area (Å²) in [4.78, 5) is 23.9. The van der Waals surface area contributed by atoms with Gasteiger partial charge in [0, 0.05) is 12.6 Å². The van der Waals surface area contributed by atoms with Gasteiger partial charge in [-0.05, 0) is 19.3 Å². The molecule has 1 aliphatic carbocycles. The molecule has 1 heterocycles. The second kappa shape index (κ2) is 10.4. The SMILES string of the molecule is CCCNC(=O)N[C@@H]1C=C[C@@H](CC(=O)NC2CCCCC2)O[C@@H]1CO. The van der Waals surface area contributed by atoms with Crippen LogP contribution in [-0.4, -0.2) is 54.5 Å². The smallest absolute Gasteiger partial charge is 0.315 e. The molecular weight excluding hydrogens is 322 g/mol. The third kappa shape index (κ3) is 6.66. The van der Waals surface area contributed by atoms with E-state index < -0.39 is 12.1 Å². The highest BCUT2D eigenvalue weighted by Gasteiger charge is 2.29. The van der Waals surface area contributed by atoms with Gasteiger partial charge in [-0.15, -0.1) is 0 Å². The van der Waals surface area contributed by atoms with Gasteiger partial charge < -0.3 is 25.8 Å². The highest BCUT2D eigenvalue weighted by atomic mass is 16.5. The average molecular weight is 353 g/mol. The third-order valence-corrected chi connectivity index (χ3v) is 4.65. The molecule has 1 aliphatic heterocycles. The van der Waals surface area contributed by atoms with E-state index in [9.17, 15) is 14.7 Å². The van der Waals surface area contributed by atoms with Gasteiger partial charge in [-0.3, -0.25) is 4.79 Å². The molecule has 0 aromatic heterocycles. The molecule has 0 aromatic rings. The number of aliphatic hydroxyl groups is 1. The van der Waals surface area contributed by atoms with Crippen LogP contribution in [0.2, 0.25) is 0 Å². The van der Waals surface area contributed by atoms with Crippen molar-refractivity contribution in [3.63, 3.8) is 0 Å². The summed E-state index contributed by atoms with van der Waals surface area (Å²) in [6.07, 6.45) is 9.43. The van der Waals surface area contributed by atoms with Crippen molar-refractivity contribution in [2.75, 3.05) is 13.2 Å². The van der Waals surface area contributed by atoms with Gasteiger partial charge in [-0.1, -0.05) is 38.3 Å². The molecule has 0 aromatic carbocycles. The number of hydrogen-bond acceptors (Lipinski definition) is 4. The van der Waals surface area contributed by atoms with Gasteiger partial charge in [0.2, 0.25) is 5.91 Å². The molecule has 4 N–H and O–H groups in total. The second-order valence-electron chi connectivity index (χ2n) is 6.81. The number of ether oxygens (including phenoxy) is 1. The molecule has 0 unspecified atom stereocenters. The lowest BCUT2D eigenvalue weighted by Crippen LogP contribution is -2.51. The first kappa shape index (κ1) is 19.7. The zero-order valence-electron chi connectivity index (χ0n) is 15.0. The lowest BCUT2D eigenvalue weighted by atomic mass is 9.95. The second-order valence-corrected chi connectivity index (χ2v) is 6.81. The molecule has 0 bridgehead atoms. The number of rotatable bonds is 7. The molecule has 2 aliphatic rings. The van der Waals surface area contributed by atoms with Crippen LogP contribution in [0.25, 0.3) is 0 Å². The molecule has 7 heteroatoms. The maximum Gasteiger partial charge on any atom is 0.315 e. The molecule has 0 saturated heterocycles. The van der Waals surface area contributed by atoms with Crippen molar-refractivity contribution < 1.29 is 19.4 Å². The van der Waals surface area contributed by atoms with Crippen LogP contribution >= 0.6 is 0 Å². The van der Waals surface area contributed by atoms with Crippen molar-refractivity contribution >= 4 is 11.9 Å². The zero-order valence-corrected chi connectivity index (χ0v) is 15.0. The van der Waals surface area contributed by atoms with E-state index in [1.54, 1.807) is 12.2 Å². The maximum atomic E-state index is 12.2. The van der Waals surface area contributed by atoms with Crippen LogP contribution in [0, 0.1) is 0 Å². The Morgan fingerprint density at radius 1 is 1.16 bits per heavy atom. The van der Waals surface area contributed by atoms with Crippen molar-refractivity contribution in [2.45, 2.75) is 76.2 Å². The fourth-order valence-electron chi connectivity index (χ4n) is 3.29. The van der Waals surface area contributed by atoms with Crippen LogP contribution in [0.15, 0.2) is 12.2 Å². The summed E-state index contributed by atoms with van der Waals surface area (Å²) in [6.45, 7) is 2.35. The molecule has 25 heavy (non-hydrogen) atoms. The Labute approximate surface area is 149 Å². The van der Waals surface area contributed by atoms with Crippen molar-refractivity contribution in [1.82, 2.24) is 16.0 Å². The summed E-state index contributed by atoms with van der Waals surface area (Å²) in [7, 11) is 0. The first-order chi connectivity index (χ1) is 12.1. The Balaban J connectivity index is 1.80. The van der Waals surface area contributed by atoms with Crippen LogP contribution in [0.3, 0.4) is 0 Å². The summed E-state index contributed by atoms with van der Waals surface area (Å²) in [5, 5.41) is 18.1. The number of nitrogens with one attached hydrogen (secondary N) is 3. The van der Waals surface area contributed by atoms with Crippen molar-refractivity contribution in [1.29, 1.82) is 0 Å². The molecule has 142 valence electrons. The van der Waals surface area contributed by atoms with Gasteiger partial charge >= 0.3 is 6.03 Å². The highest BCUT2D eigenvalue weighted by Crippen LogP contribution is 2.19. The van der Waals surface area contributed by atoms with Crippen LogP contribution in [0.5, 0.6) is 0 Å². The number of carbonyl (C=O) groups is 2. The van der Waals surface area contributed by atoms with Gasteiger partial charge in [0.15, 0.2) is 0 Å². The lowest BCUT2D eigenvalue weighted by Gasteiger charge is -2.32. The van der Waals surface area contributed by atoms with E-state index in [2.05, 4.69) is 16.0 Å². The van der Waals surface area contributed by atoms with E-state index in [4.69, 9.17) is 4.74 Å². The van der Waals surface area contributed by atoms with Crippen LogP contribution in [-0.2, 0) is 9.53 Å². The number of hydrogen-bond donors (Lipinski definition) is 4. The van der Waals surface area contributed by atoms with Crippen molar-refractivity contribution in [2.24, 2.45) is 0 Å². The number of aliphatic hydroxyl groups excluding tert-OH is 1. The quantitative estimate of drug-likeness (QED) is 0.517. The Kier molecular flexibility index (Phi) is 8.21. The molecule has 1 fully saturated rings. The van der Waals surface area contributed by atoms with E-state index in [0.29, 0.717) is 6.54 Å². The van der Waals surface area contributed by atoms with Gasteiger partial charge in [0.1, 0.15) is 6.10 Å². The summed E-state index contributed by atoms with van der Waals surface area (Å²) in [6, 6.07) is -0.411. The average Bonchev–Trinajstić information content (AvgIpc) is 2.62. The predicted molar refractivity (Wildman–Crippen MR) is 95.1 cm³/mol. The van der Waals surface area contributed by atoms with E-state index >= 15 is 0 Å². The monoisotopic (exact) mass is 353 g/mol. The predicted octanol–water partition coefficient (Wildman–Crippen LogP) is 1.22. The lowest BCUT2D eigenvalue weighted by molar-refractivity contribution is -0.126. The summed E-state index contributed by atoms with van der Waals surface area (Å²) in [5.74, 6) is -0.0228. The van der Waals surface area contributed by atoms with E-state index in [0.717, 1.165) is 19.3 Å². The third-order valence-electron chi connectivity index (χ3n) is 4.65. The molecular formula is C18H31N3O4. The molecule has 0 radical (unpaired) electrons. The Bertz CT molecular complexity index is 463. The van der Waals surface area contributed by atoms with Gasteiger partial charge in [0.25, 0.3) is 0 Å². The number of amides is 3. The normalized spacial score (nSPS) is 26.9. The maximum absolute atomic E-state index is 12.2. The largest absolute Gasteiger partial charge is 0.394 e. The van der Waals surface area contributed by atoms with E-state index in [-0.39, 0.29) is 37.1 Å². The van der Waals surface area contributed by atoms with E-state index in [1.807, 2.05) is 6.92 Å². The highest BCUT2D eigenvalue weighted by molar-refractivity contribution is 5.77. The molecule has 3 amide bonds. The Hall–Kier alpha value is -1.60. The number of carbonyl (C=O) groups excluding carboxylic acids is 2. The Morgan fingerprint density at radius 3 is 2.60 bits per heavy atom. The minimum absolute atomic E-state index is 0.0228. The minimum Gasteiger partial charge on any atom is -0.394 e. The fourth-order valence-corrected chi connectivity index (χ4v) is 3.29. The van der Waals surface area contributed by atoms with Crippen molar-refractivity contribution in [3.8, 4) is 0 Å². The van der Waals surface area contributed by atoms with Gasteiger partial charge in [-0.2, -0.15) is 0 Å². The van der Waals surface area contributed by atoms with Crippen LogP contribution in [0.4, 0.5) is 4.79 Å². The fraction of sp³-hybridized carbons (Fsp3) is 0.778. The molecule has 0 spiro atoms. The summed E-state index contributed by atoms with van der Waals surface area (Å²) < 4.78 is 5.77. The van der Waals surface area contributed by atoms with E-state index in [1.165, 1.54) is 19.3 Å². The summed E-state index contributed by atoms with van der Waals surface area (Å²) in [5.41, 5.74) is 0. The Morgan fingerprint density at radius 2 is 1.92 bits per heavy atom. The van der Waals surface area contributed by atoms with Crippen molar-refractivity contribution in [3.05, 3.63) is 12.2 Å². The molecule has 2 rings (SSSR count).